The molecule has 0 radical (unpaired) electrons. The summed E-state index contributed by atoms with van der Waals surface area (Å²) in [6.07, 6.45) is 1.11. The van der Waals surface area contributed by atoms with Gasteiger partial charge in [-0.1, -0.05) is 24.6 Å². The van der Waals surface area contributed by atoms with E-state index in [1.54, 1.807) is 13.1 Å². The van der Waals surface area contributed by atoms with Gasteiger partial charge in [0.15, 0.2) is 0 Å². The molecule has 1 aliphatic rings. The standard InChI is InChI=1S/C13H15ClN2O3/c1-8-6-9(8)7-15(2)13(17)10-4-3-5-11(14)12(10)16(18)19/h3-5,8-9H,6-7H2,1-2H3. The fourth-order valence-corrected chi connectivity index (χ4v) is 2.41. The molecule has 0 bridgehead atoms. The first-order valence-electron chi connectivity index (χ1n) is 6.10. The highest BCUT2D eigenvalue weighted by atomic mass is 35.5. The molecule has 6 heteroatoms. The summed E-state index contributed by atoms with van der Waals surface area (Å²) in [5, 5.41) is 11.0. The van der Waals surface area contributed by atoms with Gasteiger partial charge in [-0.25, -0.2) is 0 Å². The third kappa shape index (κ3) is 2.87. The number of para-hydroxylation sites is 1. The number of amides is 1. The molecular weight excluding hydrogens is 268 g/mol. The van der Waals surface area contributed by atoms with Gasteiger partial charge in [0.2, 0.25) is 0 Å². The SMILES string of the molecule is CC1CC1CN(C)C(=O)c1cccc(Cl)c1[N+](=O)[O-]. The number of hydrogen-bond acceptors (Lipinski definition) is 3. The van der Waals surface area contributed by atoms with Gasteiger partial charge in [-0.2, -0.15) is 0 Å². The second-order valence-electron chi connectivity index (χ2n) is 5.05. The van der Waals surface area contributed by atoms with Crippen LogP contribution in [0.2, 0.25) is 5.02 Å². The minimum absolute atomic E-state index is 0.0101. The van der Waals surface area contributed by atoms with Gasteiger partial charge >= 0.3 is 5.69 Å². The molecule has 0 spiro atoms. The number of halogens is 1. The number of hydrogen-bond donors (Lipinski definition) is 0. The van der Waals surface area contributed by atoms with Crippen LogP contribution in [0.5, 0.6) is 0 Å². The molecule has 0 aliphatic heterocycles. The van der Waals surface area contributed by atoms with Crippen molar-refractivity contribution in [1.82, 2.24) is 4.90 Å². The summed E-state index contributed by atoms with van der Waals surface area (Å²) >= 11 is 5.80. The fraction of sp³-hybridized carbons (Fsp3) is 0.462. The first kappa shape index (κ1) is 13.8. The highest BCUT2D eigenvalue weighted by Gasteiger charge is 2.35. The Morgan fingerprint density at radius 2 is 2.21 bits per heavy atom. The molecule has 1 aromatic rings. The van der Waals surface area contributed by atoms with Crippen molar-refractivity contribution in [2.24, 2.45) is 11.8 Å². The monoisotopic (exact) mass is 282 g/mol. The maximum Gasteiger partial charge on any atom is 0.300 e. The smallest absolute Gasteiger partial charge is 0.300 e. The van der Waals surface area contributed by atoms with Gasteiger partial charge in [0.1, 0.15) is 10.6 Å². The highest BCUT2D eigenvalue weighted by molar-refractivity contribution is 6.33. The number of nitro groups is 1. The van der Waals surface area contributed by atoms with Gasteiger partial charge in [-0.05, 0) is 30.4 Å². The topological polar surface area (TPSA) is 63.5 Å². The minimum atomic E-state index is -0.608. The number of nitro benzene ring substituents is 1. The van der Waals surface area contributed by atoms with Crippen LogP contribution in [0.15, 0.2) is 18.2 Å². The highest BCUT2D eigenvalue weighted by Crippen LogP contribution is 2.38. The van der Waals surface area contributed by atoms with Gasteiger partial charge < -0.3 is 4.90 Å². The van der Waals surface area contributed by atoms with Crippen molar-refractivity contribution in [2.45, 2.75) is 13.3 Å². The molecular formula is C13H15ClN2O3. The largest absolute Gasteiger partial charge is 0.341 e. The summed E-state index contributed by atoms with van der Waals surface area (Å²) in [5.74, 6) is 0.782. The van der Waals surface area contributed by atoms with E-state index in [0.717, 1.165) is 6.42 Å². The van der Waals surface area contributed by atoms with Crippen LogP contribution in [0.25, 0.3) is 0 Å². The predicted molar refractivity (Wildman–Crippen MR) is 72.3 cm³/mol. The Balaban J connectivity index is 2.23. The zero-order valence-electron chi connectivity index (χ0n) is 10.8. The molecule has 0 N–H and O–H groups in total. The molecule has 2 atom stereocenters. The van der Waals surface area contributed by atoms with Crippen LogP contribution in [-0.4, -0.2) is 29.3 Å². The van der Waals surface area contributed by atoms with E-state index in [9.17, 15) is 14.9 Å². The van der Waals surface area contributed by atoms with Gasteiger partial charge in [0, 0.05) is 13.6 Å². The third-order valence-electron chi connectivity index (χ3n) is 3.53. The Bertz CT molecular complexity index is 533. The van der Waals surface area contributed by atoms with Crippen LogP contribution in [0, 0.1) is 22.0 Å². The van der Waals surface area contributed by atoms with Gasteiger partial charge in [0.25, 0.3) is 5.91 Å². The van der Waals surface area contributed by atoms with Crippen LogP contribution in [0.4, 0.5) is 5.69 Å². The van der Waals surface area contributed by atoms with E-state index in [1.165, 1.54) is 17.0 Å². The van der Waals surface area contributed by atoms with Crippen molar-refractivity contribution < 1.29 is 9.72 Å². The Morgan fingerprint density at radius 3 is 2.74 bits per heavy atom. The number of rotatable bonds is 4. The lowest BCUT2D eigenvalue weighted by Gasteiger charge is -2.17. The second kappa shape index (κ2) is 5.17. The third-order valence-corrected chi connectivity index (χ3v) is 3.84. The van der Waals surface area contributed by atoms with Crippen molar-refractivity contribution in [2.75, 3.05) is 13.6 Å². The van der Waals surface area contributed by atoms with Crippen LogP contribution in [0.1, 0.15) is 23.7 Å². The molecule has 2 rings (SSSR count). The summed E-state index contributed by atoms with van der Waals surface area (Å²) in [6, 6.07) is 4.41. The molecule has 102 valence electrons. The van der Waals surface area contributed by atoms with Gasteiger partial charge in [0.05, 0.1) is 4.92 Å². The minimum Gasteiger partial charge on any atom is -0.341 e. The summed E-state index contributed by atoms with van der Waals surface area (Å²) in [5.41, 5.74) is -0.266. The molecule has 0 saturated heterocycles. The van der Waals surface area contributed by atoms with Crippen LogP contribution >= 0.6 is 11.6 Å². The molecule has 1 fully saturated rings. The van der Waals surface area contributed by atoms with Crippen LogP contribution in [0.3, 0.4) is 0 Å². The van der Waals surface area contributed by atoms with Crippen molar-refractivity contribution in [1.29, 1.82) is 0 Å². The molecule has 19 heavy (non-hydrogen) atoms. The molecule has 0 aromatic heterocycles. The Morgan fingerprint density at radius 1 is 1.58 bits per heavy atom. The molecule has 1 saturated carbocycles. The molecule has 5 nitrogen and oxygen atoms in total. The zero-order valence-corrected chi connectivity index (χ0v) is 11.6. The Hall–Kier alpha value is -1.62. The van der Waals surface area contributed by atoms with Crippen molar-refractivity contribution >= 4 is 23.2 Å². The molecule has 1 aliphatic carbocycles. The normalized spacial score (nSPS) is 21.0. The average molecular weight is 283 g/mol. The molecule has 1 amide bonds. The van der Waals surface area contributed by atoms with Crippen molar-refractivity contribution in [3.8, 4) is 0 Å². The molecule has 2 unspecified atom stereocenters. The quantitative estimate of drug-likeness (QED) is 0.630. The summed E-state index contributed by atoms with van der Waals surface area (Å²) in [7, 11) is 1.66. The van der Waals surface area contributed by atoms with E-state index < -0.39 is 4.92 Å². The maximum absolute atomic E-state index is 12.3. The number of carbonyl (C=O) groups is 1. The lowest BCUT2D eigenvalue weighted by atomic mass is 10.1. The Kier molecular flexibility index (Phi) is 3.75. The lowest BCUT2D eigenvalue weighted by Crippen LogP contribution is -2.29. The van der Waals surface area contributed by atoms with E-state index in [1.807, 2.05) is 0 Å². The fourth-order valence-electron chi connectivity index (χ4n) is 2.17. The van der Waals surface area contributed by atoms with Crippen molar-refractivity contribution in [3.63, 3.8) is 0 Å². The van der Waals surface area contributed by atoms with Gasteiger partial charge in [-0.15, -0.1) is 0 Å². The average Bonchev–Trinajstić information content (AvgIpc) is 3.02. The van der Waals surface area contributed by atoms with Crippen LogP contribution in [-0.2, 0) is 0 Å². The predicted octanol–water partition coefficient (Wildman–Crippen LogP) is 2.98. The van der Waals surface area contributed by atoms with E-state index in [0.29, 0.717) is 18.4 Å². The number of carbonyl (C=O) groups excluding carboxylic acids is 1. The summed E-state index contributed by atoms with van der Waals surface area (Å²) in [6.45, 7) is 2.76. The lowest BCUT2D eigenvalue weighted by molar-refractivity contribution is -0.385. The number of benzene rings is 1. The van der Waals surface area contributed by atoms with Crippen molar-refractivity contribution in [3.05, 3.63) is 38.9 Å². The molecule has 1 aromatic carbocycles. The number of nitrogens with zero attached hydrogens (tertiary/aromatic N) is 2. The zero-order chi connectivity index (χ0) is 14.2. The first-order chi connectivity index (χ1) is 8.91. The second-order valence-corrected chi connectivity index (χ2v) is 5.46. The maximum atomic E-state index is 12.3. The summed E-state index contributed by atoms with van der Waals surface area (Å²) in [4.78, 5) is 24.2. The summed E-state index contributed by atoms with van der Waals surface area (Å²) < 4.78 is 0. The first-order valence-corrected chi connectivity index (χ1v) is 6.48. The van der Waals surface area contributed by atoms with Crippen LogP contribution < -0.4 is 0 Å². The van der Waals surface area contributed by atoms with E-state index >= 15 is 0 Å². The van der Waals surface area contributed by atoms with E-state index in [-0.39, 0.29) is 22.2 Å². The Labute approximate surface area is 116 Å². The van der Waals surface area contributed by atoms with Gasteiger partial charge in [-0.3, -0.25) is 14.9 Å². The van der Waals surface area contributed by atoms with E-state index in [4.69, 9.17) is 11.6 Å². The van der Waals surface area contributed by atoms with E-state index in [2.05, 4.69) is 6.92 Å². The molecule has 0 heterocycles.